The van der Waals surface area contributed by atoms with Crippen molar-refractivity contribution in [1.29, 1.82) is 5.26 Å². The highest BCUT2D eigenvalue weighted by molar-refractivity contribution is 5.75. The standard InChI is InChI=1S/C12H12N4O/c13-5-9-4-10-7-15-16(12(10)14-6-9)11-2-1-3-17-8-11/h4,6-7,11H,1-3,8H2. The molecule has 1 unspecified atom stereocenters. The topological polar surface area (TPSA) is 63.7 Å². The van der Waals surface area contributed by atoms with Gasteiger partial charge in [-0.2, -0.15) is 10.4 Å². The second kappa shape index (κ2) is 4.15. The molecule has 2 aromatic heterocycles. The lowest BCUT2D eigenvalue weighted by Crippen LogP contribution is -2.22. The summed E-state index contributed by atoms with van der Waals surface area (Å²) in [6.45, 7) is 1.53. The Labute approximate surface area is 98.6 Å². The lowest BCUT2D eigenvalue weighted by Gasteiger charge is -2.22. The van der Waals surface area contributed by atoms with Crippen molar-refractivity contribution in [3.05, 3.63) is 24.0 Å². The first-order valence-electron chi connectivity index (χ1n) is 5.69. The number of ether oxygens (including phenoxy) is 1. The van der Waals surface area contributed by atoms with Gasteiger partial charge >= 0.3 is 0 Å². The van der Waals surface area contributed by atoms with Gasteiger partial charge in [0.05, 0.1) is 24.4 Å². The summed E-state index contributed by atoms with van der Waals surface area (Å²) in [5, 5.41) is 14.1. The van der Waals surface area contributed by atoms with Gasteiger partial charge in [-0.3, -0.25) is 0 Å². The van der Waals surface area contributed by atoms with Crippen molar-refractivity contribution in [3.63, 3.8) is 0 Å². The largest absolute Gasteiger partial charge is 0.379 e. The van der Waals surface area contributed by atoms with Crippen molar-refractivity contribution in [3.8, 4) is 6.07 Å². The number of aromatic nitrogens is 3. The van der Waals surface area contributed by atoms with Crippen LogP contribution in [0.4, 0.5) is 0 Å². The first-order chi connectivity index (χ1) is 8.38. The van der Waals surface area contributed by atoms with Crippen LogP contribution >= 0.6 is 0 Å². The smallest absolute Gasteiger partial charge is 0.158 e. The van der Waals surface area contributed by atoms with E-state index in [-0.39, 0.29) is 6.04 Å². The van der Waals surface area contributed by atoms with Crippen LogP contribution in [-0.4, -0.2) is 28.0 Å². The van der Waals surface area contributed by atoms with Crippen molar-refractivity contribution in [2.45, 2.75) is 18.9 Å². The van der Waals surface area contributed by atoms with E-state index < -0.39 is 0 Å². The maximum atomic E-state index is 8.82. The summed E-state index contributed by atoms with van der Waals surface area (Å²) in [7, 11) is 0. The summed E-state index contributed by atoms with van der Waals surface area (Å²) in [4.78, 5) is 4.31. The Kier molecular flexibility index (Phi) is 2.50. The molecule has 3 rings (SSSR count). The van der Waals surface area contributed by atoms with Crippen molar-refractivity contribution >= 4 is 11.0 Å². The first-order valence-corrected chi connectivity index (χ1v) is 5.69. The molecule has 1 aliphatic heterocycles. The lowest BCUT2D eigenvalue weighted by molar-refractivity contribution is 0.0563. The van der Waals surface area contributed by atoms with Crippen LogP contribution in [0.1, 0.15) is 24.4 Å². The first kappa shape index (κ1) is 10.2. The molecule has 1 fully saturated rings. The zero-order chi connectivity index (χ0) is 11.7. The van der Waals surface area contributed by atoms with E-state index in [4.69, 9.17) is 10.00 Å². The zero-order valence-corrected chi connectivity index (χ0v) is 9.33. The fourth-order valence-electron chi connectivity index (χ4n) is 2.19. The van der Waals surface area contributed by atoms with Gasteiger partial charge in [0.2, 0.25) is 0 Å². The van der Waals surface area contributed by atoms with E-state index >= 15 is 0 Å². The van der Waals surface area contributed by atoms with Crippen LogP contribution in [-0.2, 0) is 4.74 Å². The van der Waals surface area contributed by atoms with Crippen LogP contribution in [0.2, 0.25) is 0 Å². The van der Waals surface area contributed by atoms with Crippen LogP contribution in [0.3, 0.4) is 0 Å². The molecule has 0 bridgehead atoms. The fraction of sp³-hybridized carbons (Fsp3) is 0.417. The predicted molar refractivity (Wildman–Crippen MR) is 61.3 cm³/mol. The van der Waals surface area contributed by atoms with Gasteiger partial charge in [-0.05, 0) is 18.9 Å². The van der Waals surface area contributed by atoms with E-state index in [9.17, 15) is 0 Å². The maximum absolute atomic E-state index is 8.82. The molecular formula is C12H12N4O. The Morgan fingerprint density at radius 2 is 2.41 bits per heavy atom. The number of hydrogen-bond donors (Lipinski definition) is 0. The van der Waals surface area contributed by atoms with Gasteiger partial charge in [0.15, 0.2) is 5.65 Å². The van der Waals surface area contributed by atoms with Gasteiger partial charge in [-0.1, -0.05) is 0 Å². The molecule has 1 aliphatic rings. The molecule has 0 saturated carbocycles. The summed E-state index contributed by atoms with van der Waals surface area (Å²) in [6, 6.07) is 4.16. The molecule has 17 heavy (non-hydrogen) atoms. The molecule has 2 aromatic rings. The van der Waals surface area contributed by atoms with E-state index in [0.29, 0.717) is 12.2 Å². The monoisotopic (exact) mass is 228 g/mol. The summed E-state index contributed by atoms with van der Waals surface area (Å²) in [5.74, 6) is 0. The SMILES string of the molecule is N#Cc1cnc2c(cnn2C2CCCOC2)c1. The molecule has 0 amide bonds. The van der Waals surface area contributed by atoms with E-state index in [2.05, 4.69) is 16.2 Å². The van der Waals surface area contributed by atoms with Crippen LogP contribution in [0.5, 0.6) is 0 Å². The number of hydrogen-bond acceptors (Lipinski definition) is 4. The highest BCUT2D eigenvalue weighted by Crippen LogP contribution is 2.23. The molecule has 5 nitrogen and oxygen atoms in total. The molecule has 1 saturated heterocycles. The Bertz CT molecular complexity index is 578. The molecule has 0 aromatic carbocycles. The van der Waals surface area contributed by atoms with Crippen molar-refractivity contribution in [2.75, 3.05) is 13.2 Å². The summed E-state index contributed by atoms with van der Waals surface area (Å²) >= 11 is 0. The molecule has 86 valence electrons. The average molecular weight is 228 g/mol. The third kappa shape index (κ3) is 1.77. The van der Waals surface area contributed by atoms with E-state index in [1.807, 2.05) is 10.7 Å². The Balaban J connectivity index is 2.03. The highest BCUT2D eigenvalue weighted by atomic mass is 16.5. The second-order valence-corrected chi connectivity index (χ2v) is 4.21. The molecule has 1 atom stereocenters. The summed E-state index contributed by atoms with van der Waals surface area (Å²) < 4.78 is 7.37. The lowest BCUT2D eigenvalue weighted by atomic mass is 10.1. The number of nitrogens with zero attached hydrogens (tertiary/aromatic N) is 4. The van der Waals surface area contributed by atoms with Gasteiger partial charge in [0.1, 0.15) is 6.07 Å². The second-order valence-electron chi connectivity index (χ2n) is 4.21. The van der Waals surface area contributed by atoms with E-state index in [1.54, 1.807) is 12.4 Å². The minimum Gasteiger partial charge on any atom is -0.379 e. The van der Waals surface area contributed by atoms with Gasteiger partial charge in [0, 0.05) is 18.2 Å². The van der Waals surface area contributed by atoms with Crippen molar-refractivity contribution < 1.29 is 4.74 Å². The van der Waals surface area contributed by atoms with E-state index in [0.717, 1.165) is 30.5 Å². The van der Waals surface area contributed by atoms with E-state index in [1.165, 1.54) is 0 Å². The number of pyridine rings is 1. The molecule has 3 heterocycles. The van der Waals surface area contributed by atoms with Crippen LogP contribution in [0.15, 0.2) is 18.5 Å². The normalized spacial score (nSPS) is 20.3. The zero-order valence-electron chi connectivity index (χ0n) is 9.33. The number of rotatable bonds is 1. The quantitative estimate of drug-likeness (QED) is 0.744. The van der Waals surface area contributed by atoms with Crippen molar-refractivity contribution in [2.24, 2.45) is 0 Å². The molecule has 0 N–H and O–H groups in total. The Morgan fingerprint density at radius 1 is 1.47 bits per heavy atom. The maximum Gasteiger partial charge on any atom is 0.158 e. The summed E-state index contributed by atoms with van der Waals surface area (Å²) in [6.07, 6.45) is 5.47. The summed E-state index contributed by atoms with van der Waals surface area (Å²) in [5.41, 5.74) is 1.40. The highest BCUT2D eigenvalue weighted by Gasteiger charge is 2.19. The van der Waals surface area contributed by atoms with Gasteiger partial charge in [-0.25, -0.2) is 9.67 Å². The molecular weight excluding hydrogens is 216 g/mol. The van der Waals surface area contributed by atoms with Gasteiger partial charge in [0.25, 0.3) is 0 Å². The molecule has 0 radical (unpaired) electrons. The number of fused-ring (bicyclic) bond motifs is 1. The number of nitriles is 1. The molecule has 0 aliphatic carbocycles. The molecule has 5 heteroatoms. The predicted octanol–water partition coefficient (Wildman–Crippen LogP) is 1.65. The van der Waals surface area contributed by atoms with Crippen molar-refractivity contribution in [1.82, 2.24) is 14.8 Å². The van der Waals surface area contributed by atoms with Crippen LogP contribution < -0.4 is 0 Å². The van der Waals surface area contributed by atoms with Gasteiger partial charge in [-0.15, -0.1) is 0 Å². The van der Waals surface area contributed by atoms with Crippen LogP contribution in [0.25, 0.3) is 11.0 Å². The minimum absolute atomic E-state index is 0.265. The fourth-order valence-corrected chi connectivity index (χ4v) is 2.19. The Hall–Kier alpha value is -1.93. The van der Waals surface area contributed by atoms with Crippen LogP contribution in [0, 0.1) is 11.3 Å². The molecule has 0 spiro atoms. The Morgan fingerprint density at radius 3 is 3.18 bits per heavy atom. The third-order valence-corrected chi connectivity index (χ3v) is 3.04. The average Bonchev–Trinajstić information content (AvgIpc) is 2.82. The third-order valence-electron chi connectivity index (χ3n) is 3.04. The van der Waals surface area contributed by atoms with Gasteiger partial charge < -0.3 is 4.74 Å². The minimum atomic E-state index is 0.265.